The summed E-state index contributed by atoms with van der Waals surface area (Å²) in [6.07, 6.45) is 1.34. The number of H-pyrrole nitrogens is 1. The van der Waals surface area contributed by atoms with Crippen LogP contribution in [0.5, 0.6) is 5.75 Å². The molecule has 2 aromatic carbocycles. The quantitative estimate of drug-likeness (QED) is 0.390. The molecule has 4 rings (SSSR count). The third-order valence-corrected chi connectivity index (χ3v) is 6.59. The molecule has 0 aliphatic carbocycles. The summed E-state index contributed by atoms with van der Waals surface area (Å²) in [5.74, 6) is -3.24. The average Bonchev–Trinajstić information content (AvgIpc) is 3.40. The zero-order valence-electron chi connectivity index (χ0n) is 21.3. The standard InChI is InChI=1S/C26H27ClF2N6O4/c1-30-14-21(36)34-7-9-35(10-8-34)26(38)18-5-4-16(12-19(18)27)33-25(37)24-31-13-17(32-24)11-15-3-6-20(39-2)23(29)22(15)28/h3-6,12-13,30H,7-11,14H2,1-2H3,(H,31,32)(H,33,37). The van der Waals surface area contributed by atoms with Gasteiger partial charge in [0.05, 0.1) is 24.2 Å². The Morgan fingerprint density at radius 3 is 2.46 bits per heavy atom. The smallest absolute Gasteiger partial charge is 0.291 e. The molecule has 0 saturated carbocycles. The molecule has 13 heteroatoms. The number of nitrogens with one attached hydrogen (secondary N) is 3. The lowest BCUT2D eigenvalue weighted by Gasteiger charge is -2.35. The maximum Gasteiger partial charge on any atom is 0.291 e. The first-order valence-corrected chi connectivity index (χ1v) is 12.5. The van der Waals surface area contributed by atoms with Crippen LogP contribution in [0.2, 0.25) is 5.02 Å². The Balaban J connectivity index is 1.36. The van der Waals surface area contributed by atoms with Gasteiger partial charge in [0, 0.05) is 50.2 Å². The van der Waals surface area contributed by atoms with Crippen molar-refractivity contribution in [1.29, 1.82) is 0 Å². The Morgan fingerprint density at radius 2 is 1.79 bits per heavy atom. The molecule has 3 amide bonds. The van der Waals surface area contributed by atoms with Crippen LogP contribution in [-0.4, -0.2) is 84.4 Å². The number of carbonyl (C=O) groups excluding carboxylic acids is 3. The predicted molar refractivity (Wildman–Crippen MR) is 140 cm³/mol. The molecule has 1 aromatic heterocycles. The van der Waals surface area contributed by atoms with Crippen molar-refractivity contribution in [3.63, 3.8) is 0 Å². The van der Waals surface area contributed by atoms with Gasteiger partial charge in [-0.05, 0) is 36.9 Å². The van der Waals surface area contributed by atoms with Gasteiger partial charge in [-0.15, -0.1) is 0 Å². The van der Waals surface area contributed by atoms with Gasteiger partial charge in [0.2, 0.25) is 11.7 Å². The Kier molecular flexibility index (Phi) is 8.77. The Hall–Kier alpha value is -4.03. The zero-order chi connectivity index (χ0) is 28.1. The van der Waals surface area contributed by atoms with Crippen LogP contribution in [0, 0.1) is 11.6 Å². The van der Waals surface area contributed by atoms with Crippen LogP contribution in [0.4, 0.5) is 14.5 Å². The van der Waals surface area contributed by atoms with Gasteiger partial charge in [0.15, 0.2) is 17.4 Å². The number of amides is 3. The van der Waals surface area contributed by atoms with Crippen molar-refractivity contribution in [1.82, 2.24) is 25.1 Å². The Labute approximate surface area is 228 Å². The molecule has 1 aliphatic heterocycles. The summed E-state index contributed by atoms with van der Waals surface area (Å²) in [4.78, 5) is 47.8. The maximum atomic E-state index is 14.3. The van der Waals surface area contributed by atoms with Gasteiger partial charge in [-0.25, -0.2) is 9.37 Å². The minimum absolute atomic E-state index is 0.0202. The largest absolute Gasteiger partial charge is 0.494 e. The van der Waals surface area contributed by atoms with Gasteiger partial charge >= 0.3 is 0 Å². The molecule has 0 radical (unpaired) electrons. The molecule has 1 fully saturated rings. The summed E-state index contributed by atoms with van der Waals surface area (Å²) in [6, 6.07) is 7.24. The van der Waals surface area contributed by atoms with Crippen LogP contribution in [-0.2, 0) is 11.2 Å². The molecule has 206 valence electrons. The minimum Gasteiger partial charge on any atom is -0.494 e. The first-order valence-electron chi connectivity index (χ1n) is 12.1. The number of hydrogen-bond donors (Lipinski definition) is 3. The van der Waals surface area contributed by atoms with Gasteiger partial charge in [0.1, 0.15) is 0 Å². The van der Waals surface area contributed by atoms with E-state index >= 15 is 0 Å². The van der Waals surface area contributed by atoms with Gasteiger partial charge in [-0.1, -0.05) is 17.7 Å². The Morgan fingerprint density at radius 1 is 1.08 bits per heavy atom. The molecule has 2 heterocycles. The second-order valence-corrected chi connectivity index (χ2v) is 9.25. The fraction of sp³-hybridized carbons (Fsp3) is 0.308. The van der Waals surface area contributed by atoms with E-state index in [4.69, 9.17) is 16.3 Å². The molecule has 0 spiro atoms. The summed E-state index contributed by atoms with van der Waals surface area (Å²) in [6.45, 7) is 1.88. The second kappa shape index (κ2) is 12.2. The van der Waals surface area contributed by atoms with Crippen LogP contribution < -0.4 is 15.4 Å². The molecule has 10 nitrogen and oxygen atoms in total. The zero-order valence-corrected chi connectivity index (χ0v) is 22.1. The summed E-state index contributed by atoms with van der Waals surface area (Å²) >= 11 is 6.37. The van der Waals surface area contributed by atoms with Gasteiger partial charge < -0.3 is 30.2 Å². The lowest BCUT2D eigenvalue weighted by atomic mass is 10.1. The number of piperazine rings is 1. The van der Waals surface area contributed by atoms with Crippen molar-refractivity contribution in [2.75, 3.05) is 52.2 Å². The van der Waals surface area contributed by atoms with Crippen molar-refractivity contribution in [3.8, 4) is 5.75 Å². The number of aromatic nitrogens is 2. The third-order valence-electron chi connectivity index (χ3n) is 6.28. The topological polar surface area (TPSA) is 120 Å². The van der Waals surface area contributed by atoms with Gasteiger partial charge in [-0.3, -0.25) is 14.4 Å². The lowest BCUT2D eigenvalue weighted by Crippen LogP contribution is -2.52. The number of carbonyl (C=O) groups is 3. The molecule has 3 N–H and O–H groups in total. The van der Waals surface area contributed by atoms with Crippen LogP contribution in [0.1, 0.15) is 32.2 Å². The number of nitrogens with zero attached hydrogens (tertiary/aromatic N) is 3. The summed E-state index contributed by atoms with van der Waals surface area (Å²) in [7, 11) is 2.95. The number of aromatic amines is 1. The molecule has 0 unspecified atom stereocenters. The third kappa shape index (κ3) is 6.35. The fourth-order valence-electron chi connectivity index (χ4n) is 4.18. The number of methoxy groups -OCH3 is 1. The number of rotatable bonds is 8. The monoisotopic (exact) mass is 560 g/mol. The van der Waals surface area contributed by atoms with Crippen molar-refractivity contribution in [2.45, 2.75) is 6.42 Å². The van der Waals surface area contributed by atoms with Crippen LogP contribution in [0.3, 0.4) is 0 Å². The van der Waals surface area contributed by atoms with E-state index in [9.17, 15) is 23.2 Å². The first-order chi connectivity index (χ1) is 18.7. The highest BCUT2D eigenvalue weighted by Crippen LogP contribution is 2.25. The number of imidazole rings is 1. The number of anilines is 1. The minimum atomic E-state index is -1.09. The SMILES string of the molecule is CNCC(=O)N1CCN(C(=O)c2ccc(NC(=O)c3ncc(Cc4ccc(OC)c(F)c4F)[nH]3)cc2Cl)CC1. The van der Waals surface area contributed by atoms with E-state index in [1.807, 2.05) is 0 Å². The van der Waals surface area contributed by atoms with E-state index in [1.165, 1.54) is 37.6 Å². The molecule has 0 atom stereocenters. The molecule has 3 aromatic rings. The molecule has 39 heavy (non-hydrogen) atoms. The molecular weight excluding hydrogens is 534 g/mol. The van der Waals surface area contributed by atoms with Gasteiger partial charge in [-0.2, -0.15) is 4.39 Å². The number of ether oxygens (including phenoxy) is 1. The van der Waals surface area contributed by atoms with E-state index in [-0.39, 0.29) is 52.5 Å². The normalized spacial score (nSPS) is 13.4. The maximum absolute atomic E-state index is 14.3. The van der Waals surface area contributed by atoms with Crippen LogP contribution >= 0.6 is 11.6 Å². The molecule has 1 saturated heterocycles. The number of halogens is 3. The molecule has 1 aliphatic rings. The van der Waals surface area contributed by atoms with Crippen molar-refractivity contribution < 1.29 is 27.9 Å². The van der Waals surface area contributed by atoms with E-state index in [1.54, 1.807) is 22.9 Å². The van der Waals surface area contributed by atoms with E-state index in [0.717, 1.165) is 0 Å². The Bertz CT molecular complexity index is 1390. The van der Waals surface area contributed by atoms with Gasteiger partial charge in [0.25, 0.3) is 11.8 Å². The number of likely N-dealkylation sites (N-methyl/N-ethyl adjacent to an activating group) is 1. The van der Waals surface area contributed by atoms with E-state index in [0.29, 0.717) is 37.6 Å². The van der Waals surface area contributed by atoms with Crippen molar-refractivity contribution >= 4 is 35.0 Å². The molecule has 0 bridgehead atoms. The number of benzene rings is 2. The summed E-state index contributed by atoms with van der Waals surface area (Å²) in [5.41, 5.74) is 1.08. The average molecular weight is 561 g/mol. The fourth-order valence-corrected chi connectivity index (χ4v) is 4.45. The highest BCUT2D eigenvalue weighted by atomic mass is 35.5. The predicted octanol–water partition coefficient (Wildman–Crippen LogP) is 2.70. The van der Waals surface area contributed by atoms with Crippen molar-refractivity contribution in [3.05, 3.63) is 75.8 Å². The lowest BCUT2D eigenvalue weighted by molar-refractivity contribution is -0.131. The second-order valence-electron chi connectivity index (χ2n) is 8.84. The highest BCUT2D eigenvalue weighted by Gasteiger charge is 2.26. The van der Waals surface area contributed by atoms with Crippen molar-refractivity contribution in [2.24, 2.45) is 0 Å². The van der Waals surface area contributed by atoms with E-state index < -0.39 is 17.5 Å². The summed E-state index contributed by atoms with van der Waals surface area (Å²) < 4.78 is 33.0. The van der Waals surface area contributed by atoms with E-state index in [2.05, 4.69) is 20.6 Å². The number of hydrogen-bond acceptors (Lipinski definition) is 6. The summed E-state index contributed by atoms with van der Waals surface area (Å²) in [5, 5.41) is 5.63. The highest BCUT2D eigenvalue weighted by molar-refractivity contribution is 6.34. The van der Waals surface area contributed by atoms with Crippen LogP contribution in [0.15, 0.2) is 36.5 Å². The first kappa shape index (κ1) is 28.0. The van der Waals surface area contributed by atoms with Crippen LogP contribution in [0.25, 0.3) is 0 Å². The molecular formula is C26H27ClF2N6O4.